The highest BCUT2D eigenvalue weighted by molar-refractivity contribution is 5.48. The lowest BCUT2D eigenvalue weighted by molar-refractivity contribution is -0.144. The van der Waals surface area contributed by atoms with E-state index in [1.165, 1.54) is 0 Å². The lowest BCUT2D eigenvalue weighted by Crippen LogP contribution is -2.45. The number of hydrogen-bond acceptors (Lipinski definition) is 4. The van der Waals surface area contributed by atoms with E-state index in [2.05, 4.69) is 5.32 Å². The van der Waals surface area contributed by atoms with Crippen molar-refractivity contribution >= 4 is 0 Å². The van der Waals surface area contributed by atoms with Crippen molar-refractivity contribution in [1.29, 1.82) is 0 Å². The number of halogens is 6. The van der Waals surface area contributed by atoms with Gasteiger partial charge in [0.05, 0.1) is 18.2 Å². The lowest BCUT2D eigenvalue weighted by Gasteiger charge is -2.37. The van der Waals surface area contributed by atoms with Gasteiger partial charge in [0.25, 0.3) is 0 Å². The number of hydrogen-bond donors (Lipinski definition) is 2. The van der Waals surface area contributed by atoms with Crippen LogP contribution in [-0.2, 0) is 12.4 Å². The van der Waals surface area contributed by atoms with Crippen LogP contribution in [0.5, 0.6) is 5.75 Å². The van der Waals surface area contributed by atoms with Crippen LogP contribution in [0.3, 0.4) is 0 Å². The highest BCUT2D eigenvalue weighted by atomic mass is 19.4. The van der Waals surface area contributed by atoms with E-state index in [4.69, 9.17) is 4.74 Å². The molecule has 26 heavy (non-hydrogen) atoms. The minimum atomic E-state index is -4.99. The number of ether oxygens (including phenoxy) is 1. The summed E-state index contributed by atoms with van der Waals surface area (Å²) in [5, 5.41) is 12.4. The van der Waals surface area contributed by atoms with Gasteiger partial charge in [0.15, 0.2) is 0 Å². The smallest absolute Gasteiger partial charge is 0.416 e. The van der Waals surface area contributed by atoms with E-state index in [1.807, 2.05) is 0 Å². The molecule has 0 aromatic heterocycles. The maximum atomic E-state index is 13.6. The van der Waals surface area contributed by atoms with Crippen molar-refractivity contribution < 1.29 is 36.2 Å². The molecule has 148 valence electrons. The zero-order valence-corrected chi connectivity index (χ0v) is 14.0. The Morgan fingerprint density at radius 2 is 1.73 bits per heavy atom. The van der Waals surface area contributed by atoms with Crippen molar-refractivity contribution in [3.63, 3.8) is 0 Å². The molecule has 0 bridgehead atoms. The predicted molar refractivity (Wildman–Crippen MR) is 81.9 cm³/mol. The van der Waals surface area contributed by atoms with Crippen molar-refractivity contribution in [3.8, 4) is 5.75 Å². The molecule has 2 rings (SSSR count). The molecule has 0 saturated carbocycles. The Balaban J connectivity index is 2.66. The zero-order valence-electron chi connectivity index (χ0n) is 14.0. The number of piperazine rings is 1. The first kappa shape index (κ1) is 20.8. The topological polar surface area (TPSA) is 44.7 Å². The number of nitrogens with zero attached hydrogens (tertiary/aromatic N) is 1. The molecule has 1 heterocycles. The summed E-state index contributed by atoms with van der Waals surface area (Å²) < 4.78 is 84.7. The third kappa shape index (κ3) is 4.60. The molecule has 0 aliphatic carbocycles. The molecule has 2 N–H and O–H groups in total. The zero-order chi connectivity index (χ0) is 19.5. The SMILES string of the molecule is COc1cc(C(F)(F)F)cc(C(F)(F)F)c1[C@H](CCO)N1CCNCC1. The summed E-state index contributed by atoms with van der Waals surface area (Å²) in [5.41, 5.74) is -3.18. The minimum absolute atomic E-state index is 0.0508. The van der Waals surface area contributed by atoms with Crippen LogP contribution in [0.1, 0.15) is 29.2 Å². The van der Waals surface area contributed by atoms with Gasteiger partial charge in [0, 0.05) is 44.4 Å². The van der Waals surface area contributed by atoms with E-state index < -0.39 is 41.9 Å². The largest absolute Gasteiger partial charge is 0.496 e. The summed E-state index contributed by atoms with van der Waals surface area (Å²) in [6.07, 6.45) is -9.98. The molecule has 1 atom stereocenters. The van der Waals surface area contributed by atoms with Crippen LogP contribution in [-0.4, -0.2) is 49.9 Å². The average molecular weight is 386 g/mol. The standard InChI is InChI=1S/C16H20F6N2O2/c1-26-13-9-10(15(17,18)19)8-11(16(20,21)22)14(13)12(2-7-25)24-5-3-23-4-6-24/h8-9,12,23,25H,2-7H2,1H3/t12-/m0/s1. The number of nitrogens with one attached hydrogen (secondary N) is 1. The fraction of sp³-hybridized carbons (Fsp3) is 0.625. The van der Waals surface area contributed by atoms with Crippen LogP contribution in [0.2, 0.25) is 0 Å². The number of methoxy groups -OCH3 is 1. The van der Waals surface area contributed by atoms with Gasteiger partial charge in [0.1, 0.15) is 5.75 Å². The van der Waals surface area contributed by atoms with E-state index in [-0.39, 0.29) is 18.1 Å². The van der Waals surface area contributed by atoms with Gasteiger partial charge in [-0.05, 0) is 18.6 Å². The van der Waals surface area contributed by atoms with Crippen LogP contribution in [0.25, 0.3) is 0 Å². The number of aliphatic hydroxyl groups excluding tert-OH is 1. The minimum Gasteiger partial charge on any atom is -0.496 e. The van der Waals surface area contributed by atoms with Crippen molar-refractivity contribution in [2.75, 3.05) is 39.9 Å². The second kappa shape index (κ2) is 8.01. The molecule has 0 unspecified atom stereocenters. The first-order valence-electron chi connectivity index (χ1n) is 8.01. The summed E-state index contributed by atoms with van der Waals surface area (Å²) in [6.45, 7) is 1.48. The van der Waals surface area contributed by atoms with Crippen molar-refractivity contribution in [3.05, 3.63) is 28.8 Å². The monoisotopic (exact) mass is 386 g/mol. The van der Waals surface area contributed by atoms with Crippen LogP contribution in [0, 0.1) is 0 Å². The molecular formula is C16H20F6N2O2. The van der Waals surface area contributed by atoms with E-state index in [9.17, 15) is 31.4 Å². The van der Waals surface area contributed by atoms with Gasteiger partial charge < -0.3 is 15.2 Å². The van der Waals surface area contributed by atoms with Crippen molar-refractivity contribution in [2.45, 2.75) is 24.8 Å². The van der Waals surface area contributed by atoms with Gasteiger partial charge >= 0.3 is 12.4 Å². The predicted octanol–water partition coefficient (Wildman–Crippen LogP) is 3.06. The van der Waals surface area contributed by atoms with Gasteiger partial charge in [-0.2, -0.15) is 26.3 Å². The fourth-order valence-corrected chi connectivity index (χ4v) is 3.16. The molecule has 0 spiro atoms. The first-order valence-corrected chi connectivity index (χ1v) is 8.01. The highest BCUT2D eigenvalue weighted by Crippen LogP contribution is 2.45. The Hall–Kier alpha value is -1.52. The number of alkyl halides is 6. The molecule has 4 nitrogen and oxygen atoms in total. The Bertz CT molecular complexity index is 612. The van der Waals surface area contributed by atoms with Crippen molar-refractivity contribution in [2.24, 2.45) is 0 Å². The molecule has 10 heteroatoms. The van der Waals surface area contributed by atoms with Gasteiger partial charge in [-0.1, -0.05) is 0 Å². The Kier molecular flexibility index (Phi) is 6.41. The van der Waals surface area contributed by atoms with E-state index >= 15 is 0 Å². The number of benzene rings is 1. The van der Waals surface area contributed by atoms with E-state index in [1.54, 1.807) is 4.90 Å². The summed E-state index contributed by atoms with van der Waals surface area (Å²) in [7, 11) is 1.03. The fourth-order valence-electron chi connectivity index (χ4n) is 3.16. The Labute approximate surface area is 146 Å². The van der Waals surface area contributed by atoms with Crippen LogP contribution < -0.4 is 10.1 Å². The third-order valence-corrected chi connectivity index (χ3v) is 4.32. The maximum absolute atomic E-state index is 13.6. The van der Waals surface area contributed by atoms with Crippen LogP contribution in [0.15, 0.2) is 12.1 Å². The summed E-state index contributed by atoms with van der Waals surface area (Å²) >= 11 is 0. The molecule has 0 amide bonds. The van der Waals surface area contributed by atoms with Crippen molar-refractivity contribution in [1.82, 2.24) is 10.2 Å². The van der Waals surface area contributed by atoms with Gasteiger partial charge in [0.2, 0.25) is 0 Å². The lowest BCUT2D eigenvalue weighted by atomic mass is 9.92. The first-order chi connectivity index (χ1) is 12.1. The maximum Gasteiger partial charge on any atom is 0.416 e. The summed E-state index contributed by atoms with van der Waals surface area (Å²) in [4.78, 5) is 1.72. The Morgan fingerprint density at radius 1 is 1.12 bits per heavy atom. The van der Waals surface area contributed by atoms with Gasteiger partial charge in [-0.3, -0.25) is 4.90 Å². The molecule has 1 aliphatic heterocycles. The quantitative estimate of drug-likeness (QED) is 0.764. The molecule has 1 saturated heterocycles. The second-order valence-electron chi connectivity index (χ2n) is 5.95. The number of rotatable bonds is 5. The molecule has 1 fully saturated rings. The van der Waals surface area contributed by atoms with Gasteiger partial charge in [-0.15, -0.1) is 0 Å². The molecule has 1 aliphatic rings. The van der Waals surface area contributed by atoms with Crippen LogP contribution >= 0.6 is 0 Å². The Morgan fingerprint density at radius 3 is 2.19 bits per heavy atom. The van der Waals surface area contributed by atoms with E-state index in [0.717, 1.165) is 7.11 Å². The average Bonchev–Trinajstić information content (AvgIpc) is 2.57. The molecular weight excluding hydrogens is 366 g/mol. The molecule has 0 radical (unpaired) electrons. The van der Waals surface area contributed by atoms with Crippen LogP contribution in [0.4, 0.5) is 26.3 Å². The molecule has 1 aromatic carbocycles. The summed E-state index contributed by atoms with van der Waals surface area (Å²) in [6, 6.07) is -0.211. The van der Waals surface area contributed by atoms with Gasteiger partial charge in [-0.25, -0.2) is 0 Å². The normalized spacial score (nSPS) is 18.0. The summed E-state index contributed by atoms with van der Waals surface area (Å²) in [5.74, 6) is -0.482. The second-order valence-corrected chi connectivity index (χ2v) is 5.95. The molecule has 1 aromatic rings. The third-order valence-electron chi connectivity index (χ3n) is 4.32. The number of aliphatic hydroxyl groups is 1. The van der Waals surface area contributed by atoms with E-state index in [0.29, 0.717) is 32.2 Å². The highest BCUT2D eigenvalue weighted by Gasteiger charge is 2.42.